The second kappa shape index (κ2) is 8.47. The number of carboxylic acid groups (broad SMARTS) is 1. The zero-order valence-electron chi connectivity index (χ0n) is 13.8. The van der Waals surface area contributed by atoms with Gasteiger partial charge in [0.15, 0.2) is 23.3 Å². The van der Waals surface area contributed by atoms with Crippen molar-refractivity contribution in [1.29, 1.82) is 0 Å². The molecule has 0 saturated carbocycles. The highest BCUT2D eigenvalue weighted by Crippen LogP contribution is 2.27. The molecule has 2 aromatic carbocycles. The van der Waals surface area contributed by atoms with Gasteiger partial charge in [0, 0.05) is 0 Å². The smallest absolute Gasteiger partial charge is 0.200 e. The van der Waals surface area contributed by atoms with Crippen LogP contribution in [-0.2, 0) is 4.79 Å². The van der Waals surface area contributed by atoms with E-state index in [0.29, 0.717) is 5.56 Å². The topological polar surface area (TPSA) is 73.8 Å². The normalized spacial score (nSPS) is 11.4. The Labute approximate surface area is 150 Å². The first-order chi connectivity index (χ1) is 12.8. The molecule has 5 nitrogen and oxygen atoms in total. The summed E-state index contributed by atoms with van der Waals surface area (Å²) in [5.74, 6) is -11.7. The molecule has 0 spiro atoms. The fraction of sp³-hybridized carbons (Fsp3) is 0.176. The molecule has 2 aromatic rings. The number of hydrazone groups is 1. The van der Waals surface area contributed by atoms with Crippen LogP contribution < -0.4 is 15.3 Å². The minimum absolute atomic E-state index is 0.228. The van der Waals surface area contributed by atoms with Crippen molar-refractivity contribution >= 4 is 17.4 Å². The Morgan fingerprint density at radius 3 is 2.00 bits per heavy atom. The molecular formula is C17H12F5N2O3-. The fourth-order valence-electron chi connectivity index (χ4n) is 2.06. The molecule has 0 fully saturated rings. The molecule has 0 aliphatic heterocycles. The van der Waals surface area contributed by atoms with Gasteiger partial charge in [-0.05, 0) is 36.2 Å². The number of rotatable bonds is 7. The van der Waals surface area contributed by atoms with E-state index >= 15 is 0 Å². The third kappa shape index (κ3) is 4.52. The first-order valence-corrected chi connectivity index (χ1v) is 7.53. The summed E-state index contributed by atoms with van der Waals surface area (Å²) in [4.78, 5) is 10.3. The molecular weight excluding hydrogens is 375 g/mol. The summed E-state index contributed by atoms with van der Waals surface area (Å²) in [6, 6.07) is 5.80. The number of carbonyl (C=O) groups is 1. The number of anilines is 1. The summed E-state index contributed by atoms with van der Waals surface area (Å²) in [6.07, 6.45) is 0.252. The molecule has 10 heteroatoms. The second-order valence-electron chi connectivity index (χ2n) is 5.15. The summed E-state index contributed by atoms with van der Waals surface area (Å²) in [6.45, 7) is 1.01. The van der Waals surface area contributed by atoms with Gasteiger partial charge < -0.3 is 14.6 Å². The Morgan fingerprint density at radius 2 is 1.52 bits per heavy atom. The van der Waals surface area contributed by atoms with Crippen molar-refractivity contribution in [3.05, 3.63) is 58.9 Å². The molecule has 0 aromatic heterocycles. The molecule has 0 heterocycles. The number of benzene rings is 2. The van der Waals surface area contributed by atoms with Gasteiger partial charge in [-0.3, -0.25) is 5.43 Å². The predicted molar refractivity (Wildman–Crippen MR) is 83.6 cm³/mol. The Morgan fingerprint density at radius 1 is 1.00 bits per heavy atom. The highest BCUT2D eigenvalue weighted by Gasteiger charge is 2.25. The van der Waals surface area contributed by atoms with E-state index in [9.17, 15) is 31.9 Å². The van der Waals surface area contributed by atoms with Crippen molar-refractivity contribution in [2.24, 2.45) is 5.10 Å². The van der Waals surface area contributed by atoms with E-state index < -0.39 is 47.3 Å². The second-order valence-corrected chi connectivity index (χ2v) is 5.15. The molecule has 144 valence electrons. The lowest BCUT2D eigenvalue weighted by atomic mass is 10.1. The summed E-state index contributed by atoms with van der Waals surface area (Å²) in [5.41, 5.74) is 1.29. The van der Waals surface area contributed by atoms with Gasteiger partial charge in [0.25, 0.3) is 0 Å². The third-order valence-corrected chi connectivity index (χ3v) is 3.39. The van der Waals surface area contributed by atoms with Crippen LogP contribution in [0.25, 0.3) is 0 Å². The Bertz CT molecular complexity index is 856. The van der Waals surface area contributed by atoms with E-state index in [1.807, 2.05) is 5.43 Å². The number of carboxylic acids is 1. The number of carbonyl (C=O) groups excluding carboxylic acids is 1. The zero-order chi connectivity index (χ0) is 20.1. The lowest BCUT2D eigenvalue weighted by Crippen LogP contribution is -2.28. The largest absolute Gasteiger partial charge is 0.546 e. The van der Waals surface area contributed by atoms with Crippen LogP contribution in [0.2, 0.25) is 0 Å². The lowest BCUT2D eigenvalue weighted by Gasteiger charge is -2.10. The number of aliphatic carboxylic acids is 1. The quantitative estimate of drug-likeness (QED) is 0.261. The van der Waals surface area contributed by atoms with Gasteiger partial charge in [-0.15, -0.1) is 0 Å². The Balaban J connectivity index is 2.26. The zero-order valence-corrected chi connectivity index (χ0v) is 13.8. The molecule has 0 aliphatic carbocycles. The van der Waals surface area contributed by atoms with Crippen LogP contribution in [-0.4, -0.2) is 18.3 Å². The van der Waals surface area contributed by atoms with Crippen LogP contribution in [0, 0.1) is 29.1 Å². The summed E-state index contributed by atoms with van der Waals surface area (Å²) < 4.78 is 71.6. The molecule has 0 radical (unpaired) electrons. The van der Waals surface area contributed by atoms with Gasteiger partial charge >= 0.3 is 0 Å². The minimum Gasteiger partial charge on any atom is -0.546 e. The number of halogens is 5. The summed E-state index contributed by atoms with van der Waals surface area (Å²) >= 11 is 0. The number of ether oxygens (including phenoxy) is 1. The maximum absolute atomic E-state index is 13.6. The van der Waals surface area contributed by atoms with E-state index in [2.05, 4.69) is 5.10 Å². The Kier molecular flexibility index (Phi) is 6.32. The van der Waals surface area contributed by atoms with Crippen molar-refractivity contribution in [3.63, 3.8) is 0 Å². The first-order valence-electron chi connectivity index (χ1n) is 7.53. The van der Waals surface area contributed by atoms with E-state index in [1.165, 1.54) is 24.3 Å². The van der Waals surface area contributed by atoms with Crippen LogP contribution in [0.5, 0.6) is 5.75 Å². The molecule has 27 heavy (non-hydrogen) atoms. The van der Waals surface area contributed by atoms with Crippen LogP contribution in [0.3, 0.4) is 0 Å². The van der Waals surface area contributed by atoms with Crippen molar-refractivity contribution in [2.45, 2.75) is 13.3 Å². The van der Waals surface area contributed by atoms with Crippen LogP contribution in [0.4, 0.5) is 27.6 Å². The summed E-state index contributed by atoms with van der Waals surface area (Å²) in [7, 11) is 0. The highest BCUT2D eigenvalue weighted by atomic mass is 19.2. The average molecular weight is 387 g/mol. The maximum atomic E-state index is 13.6. The number of hydrogen-bond acceptors (Lipinski definition) is 5. The van der Waals surface area contributed by atoms with Crippen molar-refractivity contribution in [2.75, 3.05) is 12.0 Å². The van der Waals surface area contributed by atoms with Gasteiger partial charge in [0.2, 0.25) is 5.82 Å². The van der Waals surface area contributed by atoms with E-state index in [-0.39, 0.29) is 17.9 Å². The monoisotopic (exact) mass is 387 g/mol. The lowest BCUT2D eigenvalue weighted by molar-refractivity contribution is -0.307. The summed E-state index contributed by atoms with van der Waals surface area (Å²) in [5, 5.41) is 14.0. The molecule has 0 saturated heterocycles. The van der Waals surface area contributed by atoms with Gasteiger partial charge in [0.1, 0.15) is 18.0 Å². The number of nitrogens with zero attached hydrogens (tertiary/aromatic N) is 1. The predicted octanol–water partition coefficient (Wildman–Crippen LogP) is 2.74. The average Bonchev–Trinajstić information content (AvgIpc) is 2.66. The van der Waals surface area contributed by atoms with Crippen molar-refractivity contribution in [3.8, 4) is 5.75 Å². The molecule has 0 atom stereocenters. The van der Waals surface area contributed by atoms with Crippen LogP contribution in [0.1, 0.15) is 18.9 Å². The SMILES string of the molecule is CC/C(=N/Nc1c(F)c(F)c(F)c(F)c1F)c1ccc(OCC(=O)[O-])cc1. The molecule has 0 bridgehead atoms. The van der Waals surface area contributed by atoms with E-state index in [4.69, 9.17) is 4.74 Å². The van der Waals surface area contributed by atoms with Crippen molar-refractivity contribution < 1.29 is 36.6 Å². The first kappa shape index (κ1) is 20.1. The van der Waals surface area contributed by atoms with Crippen LogP contribution in [0.15, 0.2) is 29.4 Å². The minimum atomic E-state index is -2.26. The third-order valence-electron chi connectivity index (χ3n) is 3.39. The van der Waals surface area contributed by atoms with Gasteiger partial charge in [-0.25, -0.2) is 22.0 Å². The van der Waals surface area contributed by atoms with Gasteiger partial charge in [-0.2, -0.15) is 5.10 Å². The maximum Gasteiger partial charge on any atom is 0.200 e. The molecule has 0 aliphatic rings. The standard InChI is InChI=1S/C17H13F5N2O3/c1-2-10(8-3-5-9(6-4-8)27-7-11(25)26)23-24-17-15(21)13(19)12(18)14(20)16(17)22/h3-6,24H,2,7H2,1H3,(H,25,26)/p-1/b23-10-. The number of hydrogen-bond donors (Lipinski definition) is 1. The highest BCUT2D eigenvalue weighted by molar-refractivity contribution is 6.00. The van der Waals surface area contributed by atoms with E-state index in [0.717, 1.165) is 0 Å². The molecule has 0 amide bonds. The Hall–Kier alpha value is -3.17. The van der Waals surface area contributed by atoms with Gasteiger partial charge in [-0.1, -0.05) is 6.92 Å². The number of nitrogens with one attached hydrogen (secondary N) is 1. The van der Waals surface area contributed by atoms with E-state index in [1.54, 1.807) is 6.92 Å². The van der Waals surface area contributed by atoms with Gasteiger partial charge in [0.05, 0.1) is 11.7 Å². The van der Waals surface area contributed by atoms with Crippen molar-refractivity contribution in [1.82, 2.24) is 0 Å². The van der Waals surface area contributed by atoms with Crippen LogP contribution >= 0.6 is 0 Å². The molecule has 2 rings (SSSR count). The molecule has 0 unspecified atom stereocenters. The molecule has 1 N–H and O–H groups in total. The fourth-order valence-corrected chi connectivity index (χ4v) is 2.06.